The third-order valence-electron chi connectivity index (χ3n) is 4.37. The smallest absolute Gasteiger partial charge is 0.131 e. The van der Waals surface area contributed by atoms with Gasteiger partial charge in [0, 0.05) is 17.7 Å². The number of hydrogen-bond donors (Lipinski definition) is 1. The second-order valence-corrected chi connectivity index (χ2v) is 5.73. The predicted molar refractivity (Wildman–Crippen MR) is 80.6 cm³/mol. The molecule has 0 saturated heterocycles. The quantitative estimate of drug-likeness (QED) is 0.796. The van der Waals surface area contributed by atoms with Crippen LogP contribution in [0.5, 0.6) is 5.75 Å². The van der Waals surface area contributed by atoms with Gasteiger partial charge in [-0.1, -0.05) is 38.7 Å². The first kappa shape index (κ1) is 15.3. The van der Waals surface area contributed by atoms with Crippen molar-refractivity contribution in [1.29, 1.82) is 0 Å². The second-order valence-electron chi connectivity index (χ2n) is 5.73. The maximum Gasteiger partial charge on any atom is 0.131 e. The Labute approximate surface area is 121 Å². The maximum atomic E-state index is 14.2. The lowest BCUT2D eigenvalue weighted by molar-refractivity contribution is 0.398. The molecule has 3 heteroatoms. The molecule has 0 bridgehead atoms. The van der Waals surface area contributed by atoms with Gasteiger partial charge in [-0.2, -0.15) is 0 Å². The van der Waals surface area contributed by atoms with Crippen LogP contribution in [0.4, 0.5) is 4.39 Å². The third-order valence-corrected chi connectivity index (χ3v) is 4.37. The second kappa shape index (κ2) is 7.63. The van der Waals surface area contributed by atoms with Gasteiger partial charge >= 0.3 is 0 Å². The Morgan fingerprint density at radius 1 is 1.35 bits per heavy atom. The van der Waals surface area contributed by atoms with Crippen molar-refractivity contribution in [3.8, 4) is 5.75 Å². The highest BCUT2D eigenvalue weighted by Gasteiger charge is 2.20. The minimum atomic E-state index is -0.165. The van der Waals surface area contributed by atoms with Crippen molar-refractivity contribution >= 4 is 0 Å². The summed E-state index contributed by atoms with van der Waals surface area (Å²) in [4.78, 5) is 0. The zero-order valence-corrected chi connectivity index (χ0v) is 12.6. The molecule has 112 valence electrons. The molecule has 2 rings (SSSR count). The van der Waals surface area contributed by atoms with Crippen molar-refractivity contribution < 1.29 is 9.13 Å². The Kier molecular flexibility index (Phi) is 5.84. The molecule has 1 fully saturated rings. The molecule has 1 aromatic rings. The maximum absolute atomic E-state index is 14.2. The standard InChI is InChI=1S/C17H26FNO/c1-3-19-17(11-8-13-6-4-5-7-13)15-10-9-14(20-2)12-16(15)18/h9-10,12-13,17,19H,3-8,11H2,1-2H3. The highest BCUT2D eigenvalue weighted by Crippen LogP contribution is 2.32. The molecule has 2 nitrogen and oxygen atoms in total. The monoisotopic (exact) mass is 279 g/mol. The van der Waals surface area contributed by atoms with Crippen LogP contribution in [0, 0.1) is 11.7 Å². The largest absolute Gasteiger partial charge is 0.497 e. The van der Waals surface area contributed by atoms with E-state index >= 15 is 0 Å². The van der Waals surface area contributed by atoms with Crippen molar-refractivity contribution in [1.82, 2.24) is 5.32 Å². The van der Waals surface area contributed by atoms with E-state index in [1.807, 2.05) is 12.1 Å². The summed E-state index contributed by atoms with van der Waals surface area (Å²) in [6.07, 6.45) is 7.65. The van der Waals surface area contributed by atoms with Gasteiger partial charge in [0.15, 0.2) is 0 Å². The van der Waals surface area contributed by atoms with Crippen LogP contribution < -0.4 is 10.1 Å². The van der Waals surface area contributed by atoms with Crippen LogP contribution in [0.25, 0.3) is 0 Å². The Morgan fingerprint density at radius 2 is 2.10 bits per heavy atom. The van der Waals surface area contributed by atoms with Crippen molar-refractivity contribution in [3.63, 3.8) is 0 Å². The van der Waals surface area contributed by atoms with Crippen LogP contribution in [-0.2, 0) is 0 Å². The van der Waals surface area contributed by atoms with Crippen LogP contribution in [0.3, 0.4) is 0 Å². The van der Waals surface area contributed by atoms with E-state index in [9.17, 15) is 4.39 Å². The van der Waals surface area contributed by atoms with E-state index in [0.29, 0.717) is 5.75 Å². The van der Waals surface area contributed by atoms with E-state index in [-0.39, 0.29) is 11.9 Å². The van der Waals surface area contributed by atoms with Gasteiger partial charge < -0.3 is 10.1 Å². The molecule has 0 radical (unpaired) electrons. The molecule has 0 aliphatic heterocycles. The number of hydrogen-bond acceptors (Lipinski definition) is 2. The number of ether oxygens (including phenoxy) is 1. The number of nitrogens with one attached hydrogen (secondary N) is 1. The minimum Gasteiger partial charge on any atom is -0.497 e. The number of rotatable bonds is 7. The first-order valence-corrected chi connectivity index (χ1v) is 7.81. The Bertz CT molecular complexity index is 415. The third kappa shape index (κ3) is 3.95. The summed E-state index contributed by atoms with van der Waals surface area (Å²) in [7, 11) is 1.57. The van der Waals surface area contributed by atoms with Crippen LogP contribution in [-0.4, -0.2) is 13.7 Å². The van der Waals surface area contributed by atoms with Crippen molar-refractivity contribution in [2.75, 3.05) is 13.7 Å². The average Bonchev–Trinajstić information content (AvgIpc) is 2.97. The van der Waals surface area contributed by atoms with Crippen molar-refractivity contribution in [3.05, 3.63) is 29.6 Å². The van der Waals surface area contributed by atoms with Gasteiger partial charge in [-0.25, -0.2) is 4.39 Å². The lowest BCUT2D eigenvalue weighted by Crippen LogP contribution is -2.22. The summed E-state index contributed by atoms with van der Waals surface area (Å²) in [6.45, 7) is 2.94. The van der Waals surface area contributed by atoms with Crippen molar-refractivity contribution in [2.24, 2.45) is 5.92 Å². The highest BCUT2D eigenvalue weighted by atomic mass is 19.1. The summed E-state index contributed by atoms with van der Waals surface area (Å²) in [5, 5.41) is 3.42. The average molecular weight is 279 g/mol. The normalized spacial score (nSPS) is 17.4. The molecule has 1 aliphatic carbocycles. The highest BCUT2D eigenvalue weighted by molar-refractivity contribution is 5.30. The van der Waals surface area contributed by atoms with Gasteiger partial charge in [0.25, 0.3) is 0 Å². The lowest BCUT2D eigenvalue weighted by atomic mass is 9.94. The first-order valence-electron chi connectivity index (χ1n) is 7.81. The fourth-order valence-corrected chi connectivity index (χ4v) is 3.23. The molecule has 0 heterocycles. The summed E-state index contributed by atoms with van der Waals surface area (Å²) < 4.78 is 19.3. The van der Waals surface area contributed by atoms with E-state index in [1.54, 1.807) is 7.11 Å². The van der Waals surface area contributed by atoms with Crippen LogP contribution in [0.2, 0.25) is 0 Å². The van der Waals surface area contributed by atoms with Gasteiger partial charge in [-0.05, 0) is 31.4 Å². The SMILES string of the molecule is CCNC(CCC1CCCC1)c1ccc(OC)cc1F. The topological polar surface area (TPSA) is 21.3 Å². The Balaban J connectivity index is 2.02. The molecule has 1 saturated carbocycles. The molecule has 1 aliphatic rings. The Morgan fingerprint density at radius 3 is 2.70 bits per heavy atom. The van der Waals surface area contributed by atoms with E-state index in [2.05, 4.69) is 12.2 Å². The number of benzene rings is 1. The molecule has 0 aromatic heterocycles. The van der Waals surface area contributed by atoms with E-state index in [4.69, 9.17) is 4.74 Å². The van der Waals surface area contributed by atoms with E-state index < -0.39 is 0 Å². The Hall–Kier alpha value is -1.09. The van der Waals surface area contributed by atoms with Gasteiger partial charge in [-0.3, -0.25) is 0 Å². The van der Waals surface area contributed by atoms with Crippen LogP contribution in [0.1, 0.15) is 57.1 Å². The molecule has 1 unspecified atom stereocenters. The summed E-state index contributed by atoms with van der Waals surface area (Å²) in [5.74, 6) is 1.26. The van der Waals surface area contributed by atoms with Gasteiger partial charge in [-0.15, -0.1) is 0 Å². The van der Waals surface area contributed by atoms with E-state index in [0.717, 1.165) is 24.4 Å². The van der Waals surface area contributed by atoms with Crippen LogP contribution in [0.15, 0.2) is 18.2 Å². The molecular formula is C17H26FNO. The molecule has 0 amide bonds. The van der Waals surface area contributed by atoms with Gasteiger partial charge in [0.1, 0.15) is 11.6 Å². The molecular weight excluding hydrogens is 253 g/mol. The summed E-state index contributed by atoms with van der Waals surface area (Å²) in [6, 6.07) is 5.30. The predicted octanol–water partition coefficient (Wildman–Crippen LogP) is 4.46. The zero-order chi connectivity index (χ0) is 14.4. The number of methoxy groups -OCH3 is 1. The summed E-state index contributed by atoms with van der Waals surface area (Å²) in [5.41, 5.74) is 0.769. The molecule has 20 heavy (non-hydrogen) atoms. The molecule has 0 spiro atoms. The van der Waals surface area contributed by atoms with Gasteiger partial charge in [0.2, 0.25) is 0 Å². The zero-order valence-electron chi connectivity index (χ0n) is 12.6. The fraction of sp³-hybridized carbons (Fsp3) is 0.647. The van der Waals surface area contributed by atoms with Crippen LogP contribution >= 0.6 is 0 Å². The summed E-state index contributed by atoms with van der Waals surface area (Å²) >= 11 is 0. The molecule has 1 aromatic carbocycles. The minimum absolute atomic E-state index is 0.117. The van der Waals surface area contributed by atoms with Crippen molar-refractivity contribution in [2.45, 2.75) is 51.5 Å². The van der Waals surface area contributed by atoms with Gasteiger partial charge in [0.05, 0.1) is 7.11 Å². The molecule has 1 N–H and O–H groups in total. The molecule has 1 atom stereocenters. The fourth-order valence-electron chi connectivity index (χ4n) is 3.23. The lowest BCUT2D eigenvalue weighted by Gasteiger charge is -2.21. The van der Waals surface area contributed by atoms with E-state index in [1.165, 1.54) is 38.2 Å². The first-order chi connectivity index (χ1) is 9.74. The number of halogens is 1.